The molecule has 1 rings (SSSR count). The van der Waals surface area contributed by atoms with Gasteiger partial charge in [0.1, 0.15) is 11.4 Å². The van der Waals surface area contributed by atoms with Crippen molar-refractivity contribution >= 4 is 24.4 Å². The summed E-state index contributed by atoms with van der Waals surface area (Å²) in [5.74, 6) is 0. The van der Waals surface area contributed by atoms with Crippen molar-refractivity contribution in [2.24, 2.45) is 15.3 Å². The van der Waals surface area contributed by atoms with E-state index in [1.165, 1.54) is 18.7 Å². The Hall–Kier alpha value is -3.68. The summed E-state index contributed by atoms with van der Waals surface area (Å²) in [4.78, 5) is 12.2. The molecule has 0 aliphatic rings. The summed E-state index contributed by atoms with van der Waals surface area (Å²) in [6.07, 6.45) is 19.2. The topological polar surface area (TPSA) is 99.1 Å². The van der Waals surface area contributed by atoms with Crippen molar-refractivity contribution in [1.29, 1.82) is 5.41 Å². The van der Waals surface area contributed by atoms with Crippen LogP contribution in [0.2, 0.25) is 0 Å². The molecule has 1 aromatic rings. The predicted molar refractivity (Wildman–Crippen MR) is 147 cm³/mol. The molecule has 1 unspecified atom stereocenters. The number of aromatic nitrogens is 2. The van der Waals surface area contributed by atoms with E-state index in [-0.39, 0.29) is 11.5 Å². The first-order valence-electron chi connectivity index (χ1n) is 11.4. The lowest BCUT2D eigenvalue weighted by atomic mass is 10.1. The number of hydrogen-bond acceptors (Lipinski definition) is 7. The first kappa shape index (κ1) is 30.3. The van der Waals surface area contributed by atoms with Gasteiger partial charge in [-0.05, 0) is 31.1 Å². The molecular formula is C26H39N7O. The van der Waals surface area contributed by atoms with E-state index in [9.17, 15) is 4.79 Å². The summed E-state index contributed by atoms with van der Waals surface area (Å²) in [5.41, 5.74) is 1.55. The Balaban J connectivity index is 0.00000343. The fourth-order valence-corrected chi connectivity index (χ4v) is 2.34. The summed E-state index contributed by atoms with van der Waals surface area (Å²) >= 11 is 0. The van der Waals surface area contributed by atoms with Crippen LogP contribution in [0.25, 0.3) is 0 Å². The molecule has 34 heavy (non-hydrogen) atoms. The summed E-state index contributed by atoms with van der Waals surface area (Å²) in [7, 11) is 3.71. The highest BCUT2D eigenvalue weighted by Crippen LogP contribution is 2.08. The van der Waals surface area contributed by atoms with Gasteiger partial charge in [-0.25, -0.2) is 0 Å². The van der Waals surface area contributed by atoms with Crippen molar-refractivity contribution in [3.05, 3.63) is 76.8 Å². The Bertz CT molecular complexity index is 979. The number of hydrogen-bond donors (Lipinski definition) is 1. The van der Waals surface area contributed by atoms with E-state index in [1.807, 2.05) is 46.3 Å². The van der Waals surface area contributed by atoms with Gasteiger partial charge < -0.3 is 10.4 Å². The van der Waals surface area contributed by atoms with E-state index in [0.717, 1.165) is 18.2 Å². The van der Waals surface area contributed by atoms with Gasteiger partial charge in [0.15, 0.2) is 0 Å². The molecule has 1 aromatic heterocycles. The van der Waals surface area contributed by atoms with Gasteiger partial charge in [-0.1, -0.05) is 58.1 Å². The fraction of sp³-hybridized carbons (Fsp3) is 0.385. The van der Waals surface area contributed by atoms with Crippen molar-refractivity contribution in [3.8, 4) is 0 Å². The highest BCUT2D eigenvalue weighted by atomic mass is 16.1. The number of nitrogens with zero attached hydrogens (tertiary/aromatic N) is 6. The van der Waals surface area contributed by atoms with E-state index in [2.05, 4.69) is 40.8 Å². The third kappa shape index (κ3) is 13.7. The monoisotopic (exact) mass is 465 g/mol. The molecule has 0 radical (unpaired) electrons. The van der Waals surface area contributed by atoms with Gasteiger partial charge in [0.2, 0.25) is 5.43 Å². The molecule has 184 valence electrons. The molecule has 0 bridgehead atoms. The largest absolute Gasteiger partial charge is 0.306 e. The molecule has 0 aliphatic carbocycles. The van der Waals surface area contributed by atoms with Gasteiger partial charge in [-0.2, -0.15) is 15.3 Å². The molecule has 0 amide bonds. The van der Waals surface area contributed by atoms with E-state index < -0.39 is 0 Å². The average molecular weight is 466 g/mol. The summed E-state index contributed by atoms with van der Waals surface area (Å²) in [6, 6.07) is 1.50. The number of allylic oxidation sites excluding steroid dienone is 7. The summed E-state index contributed by atoms with van der Waals surface area (Å²) in [6.45, 7) is 12.1. The maximum atomic E-state index is 12.2. The molecule has 8 nitrogen and oxygen atoms in total. The first-order chi connectivity index (χ1) is 16.3. The minimum atomic E-state index is -0.117. The Labute approximate surface area is 204 Å². The lowest BCUT2D eigenvalue weighted by Gasteiger charge is -2.15. The summed E-state index contributed by atoms with van der Waals surface area (Å²) in [5, 5.41) is 25.4. The van der Waals surface area contributed by atoms with Gasteiger partial charge in [-0.15, -0.1) is 5.10 Å². The van der Waals surface area contributed by atoms with Crippen LogP contribution in [0.4, 0.5) is 0 Å². The van der Waals surface area contributed by atoms with Crippen LogP contribution in [0.3, 0.4) is 0 Å². The van der Waals surface area contributed by atoms with Crippen LogP contribution >= 0.6 is 0 Å². The molecule has 1 N–H and O–H groups in total. The Morgan fingerprint density at radius 3 is 2.53 bits per heavy atom. The highest BCUT2D eigenvalue weighted by molar-refractivity contribution is 6.34. The molecule has 1 heterocycles. The third-order valence-corrected chi connectivity index (χ3v) is 3.89. The summed E-state index contributed by atoms with van der Waals surface area (Å²) < 4.78 is 1.76. The molecule has 1 atom stereocenters. The highest BCUT2D eigenvalue weighted by Gasteiger charge is 2.09. The van der Waals surface area contributed by atoms with Crippen molar-refractivity contribution in [2.75, 3.05) is 14.1 Å². The van der Waals surface area contributed by atoms with E-state index in [1.54, 1.807) is 40.2 Å². The van der Waals surface area contributed by atoms with Crippen molar-refractivity contribution in [1.82, 2.24) is 14.8 Å². The van der Waals surface area contributed by atoms with Crippen molar-refractivity contribution in [3.63, 3.8) is 0 Å². The van der Waals surface area contributed by atoms with Gasteiger partial charge >= 0.3 is 0 Å². The SMILES string of the molecule is C=C(\C=C/C=C/C=N/N=C(C=N)/C=C/C)Cc1nn(C(/C=N\N(C)C)CC)ccc1=O.CCC. The Morgan fingerprint density at radius 1 is 1.24 bits per heavy atom. The fourth-order valence-electron chi connectivity index (χ4n) is 2.34. The second-order valence-electron chi connectivity index (χ2n) is 7.41. The predicted octanol–water partition coefficient (Wildman–Crippen LogP) is 5.02. The van der Waals surface area contributed by atoms with Crippen LogP contribution in [0.15, 0.2) is 81.0 Å². The maximum Gasteiger partial charge on any atom is 0.203 e. The number of hydrazone groups is 1. The quantitative estimate of drug-likeness (QED) is 0.266. The molecule has 0 aromatic carbocycles. The number of rotatable bonds is 12. The standard InChI is InChI=1S/C23H31N7O.C3H8/c1-6-11-20(17-24)27-25-14-10-8-9-12-19(3)16-22-23(31)13-15-30(28-22)21(7-2)18-26-29(4)5;1-3-2/h6,8-15,17-18,21,24H,3,7,16H2,1-2,4-5H3;3H2,1-2H3/b10-8+,11-6+,12-9-,24-17?,25-14+,26-18-,27-20-;. The molecule has 0 saturated carbocycles. The minimum Gasteiger partial charge on any atom is -0.306 e. The van der Waals surface area contributed by atoms with Crippen LogP contribution in [-0.2, 0) is 6.42 Å². The van der Waals surface area contributed by atoms with Crippen LogP contribution in [0, 0.1) is 5.41 Å². The zero-order valence-corrected chi connectivity index (χ0v) is 21.3. The second-order valence-corrected chi connectivity index (χ2v) is 7.41. The molecule has 0 fully saturated rings. The molecular weight excluding hydrogens is 426 g/mol. The van der Waals surface area contributed by atoms with Crippen LogP contribution in [0.1, 0.15) is 52.3 Å². The zero-order valence-electron chi connectivity index (χ0n) is 21.3. The van der Waals surface area contributed by atoms with Crippen LogP contribution < -0.4 is 5.43 Å². The Kier molecular flexibility index (Phi) is 16.8. The first-order valence-corrected chi connectivity index (χ1v) is 11.4. The second kappa shape index (κ2) is 18.8. The van der Waals surface area contributed by atoms with Crippen LogP contribution in [0.5, 0.6) is 0 Å². The van der Waals surface area contributed by atoms with Gasteiger partial charge in [-0.3, -0.25) is 9.48 Å². The minimum absolute atomic E-state index is 0.0311. The molecule has 0 aliphatic heterocycles. The van der Waals surface area contributed by atoms with E-state index >= 15 is 0 Å². The average Bonchev–Trinajstić information content (AvgIpc) is 2.80. The molecule has 0 saturated heterocycles. The maximum absolute atomic E-state index is 12.2. The van der Waals surface area contributed by atoms with E-state index in [4.69, 9.17) is 5.41 Å². The van der Waals surface area contributed by atoms with Gasteiger partial charge in [0.25, 0.3) is 0 Å². The van der Waals surface area contributed by atoms with E-state index in [0.29, 0.717) is 17.8 Å². The lowest BCUT2D eigenvalue weighted by Crippen LogP contribution is -2.21. The lowest BCUT2D eigenvalue weighted by molar-refractivity contribution is 0.430. The molecule has 0 spiro atoms. The molecule has 8 heteroatoms. The number of nitrogens with one attached hydrogen (secondary N) is 1. The van der Waals surface area contributed by atoms with Crippen molar-refractivity contribution < 1.29 is 0 Å². The van der Waals surface area contributed by atoms with Crippen LogP contribution in [-0.4, -0.2) is 53.2 Å². The Morgan fingerprint density at radius 2 is 1.94 bits per heavy atom. The van der Waals surface area contributed by atoms with Gasteiger partial charge in [0.05, 0.1) is 6.04 Å². The third-order valence-electron chi connectivity index (χ3n) is 3.89. The smallest absolute Gasteiger partial charge is 0.203 e. The normalized spacial score (nSPS) is 13.2. The van der Waals surface area contributed by atoms with Gasteiger partial charge in [0, 0.05) is 51.4 Å². The van der Waals surface area contributed by atoms with Crippen molar-refractivity contribution in [2.45, 2.75) is 53.0 Å². The zero-order chi connectivity index (χ0) is 25.8.